The molecule has 1 aliphatic heterocycles. The number of rotatable bonds is 2. The zero-order chi connectivity index (χ0) is 6.69. The molecule has 1 heterocycles. The highest BCUT2D eigenvalue weighted by Gasteiger charge is 2.24. The molecule has 3 heteroatoms. The second kappa shape index (κ2) is 2.81. The average molecular weight is 126 g/mol. The molecule has 1 rings (SSSR count). The van der Waals surface area contributed by atoms with Crippen LogP contribution in [-0.2, 0) is 0 Å². The number of aliphatic hydroxyl groups excluding tert-OH is 1. The second-order valence-corrected chi connectivity index (χ2v) is 2.40. The van der Waals surface area contributed by atoms with Crippen molar-refractivity contribution in [3.63, 3.8) is 0 Å². The summed E-state index contributed by atoms with van der Waals surface area (Å²) in [5, 5.41) is 16.8. The van der Waals surface area contributed by atoms with E-state index in [1.807, 2.05) is 4.90 Å². The molecule has 0 aromatic rings. The molecule has 0 spiro atoms. The van der Waals surface area contributed by atoms with Crippen molar-refractivity contribution in [2.45, 2.75) is 0 Å². The van der Waals surface area contributed by atoms with E-state index in [2.05, 4.69) is 6.07 Å². The zero-order valence-electron chi connectivity index (χ0n) is 5.25. The zero-order valence-corrected chi connectivity index (χ0v) is 5.25. The summed E-state index contributed by atoms with van der Waals surface area (Å²) in [6.45, 7) is 2.56. The molecule has 1 aliphatic rings. The lowest BCUT2D eigenvalue weighted by molar-refractivity contribution is 0.0651. The summed E-state index contributed by atoms with van der Waals surface area (Å²) in [5.74, 6) is 0.429. The van der Waals surface area contributed by atoms with Crippen molar-refractivity contribution in [2.24, 2.45) is 5.92 Å². The number of hydrogen-bond acceptors (Lipinski definition) is 3. The Morgan fingerprint density at radius 1 is 1.67 bits per heavy atom. The second-order valence-electron chi connectivity index (χ2n) is 2.40. The van der Waals surface area contributed by atoms with Crippen LogP contribution in [0.4, 0.5) is 0 Å². The number of nitriles is 1. The van der Waals surface area contributed by atoms with E-state index in [1.54, 1.807) is 0 Å². The quantitative estimate of drug-likeness (QED) is 0.504. The van der Waals surface area contributed by atoms with Crippen molar-refractivity contribution in [3.05, 3.63) is 0 Å². The first-order valence-corrected chi connectivity index (χ1v) is 3.07. The Morgan fingerprint density at radius 3 is 2.78 bits per heavy atom. The Labute approximate surface area is 54.5 Å². The van der Waals surface area contributed by atoms with Gasteiger partial charge >= 0.3 is 0 Å². The monoisotopic (exact) mass is 126 g/mol. The number of aliphatic hydroxyl groups is 1. The van der Waals surface area contributed by atoms with Gasteiger partial charge < -0.3 is 5.11 Å². The molecule has 0 atom stereocenters. The molecule has 0 radical (unpaired) electrons. The summed E-state index contributed by atoms with van der Waals surface area (Å²) >= 11 is 0. The first-order valence-electron chi connectivity index (χ1n) is 3.07. The van der Waals surface area contributed by atoms with Crippen molar-refractivity contribution in [2.75, 3.05) is 26.2 Å². The summed E-state index contributed by atoms with van der Waals surface area (Å²) in [6, 6.07) is 2.06. The van der Waals surface area contributed by atoms with Crippen LogP contribution in [0, 0.1) is 17.2 Å². The van der Waals surface area contributed by atoms with Crippen LogP contribution < -0.4 is 0 Å². The SMILES string of the molecule is N#CCN1CC(CO)C1. The van der Waals surface area contributed by atoms with Crippen molar-refractivity contribution in [1.29, 1.82) is 5.26 Å². The molecule has 1 saturated heterocycles. The summed E-state index contributed by atoms with van der Waals surface area (Å²) in [4.78, 5) is 2.01. The van der Waals surface area contributed by atoms with Crippen molar-refractivity contribution in [3.8, 4) is 6.07 Å². The lowest BCUT2D eigenvalue weighted by Gasteiger charge is -2.36. The van der Waals surface area contributed by atoms with Gasteiger partial charge in [-0.1, -0.05) is 0 Å². The summed E-state index contributed by atoms with van der Waals surface area (Å²) < 4.78 is 0. The topological polar surface area (TPSA) is 47.3 Å². The maximum absolute atomic E-state index is 8.56. The number of hydrogen-bond donors (Lipinski definition) is 1. The average Bonchev–Trinajstić information content (AvgIpc) is 1.77. The summed E-state index contributed by atoms with van der Waals surface area (Å²) in [6.07, 6.45) is 0. The minimum absolute atomic E-state index is 0.266. The van der Waals surface area contributed by atoms with Crippen LogP contribution in [0.25, 0.3) is 0 Å². The highest BCUT2D eigenvalue weighted by Crippen LogP contribution is 2.12. The summed E-state index contributed by atoms with van der Waals surface area (Å²) in [5.41, 5.74) is 0. The Bertz CT molecular complexity index is 124. The number of nitrogens with zero attached hydrogens (tertiary/aromatic N) is 2. The molecule has 0 aromatic heterocycles. The molecule has 3 nitrogen and oxygen atoms in total. The van der Waals surface area contributed by atoms with Gasteiger partial charge in [0.05, 0.1) is 12.6 Å². The third kappa shape index (κ3) is 1.41. The third-order valence-electron chi connectivity index (χ3n) is 1.59. The Morgan fingerprint density at radius 2 is 2.33 bits per heavy atom. The first kappa shape index (κ1) is 6.53. The van der Waals surface area contributed by atoms with Crippen LogP contribution in [0.1, 0.15) is 0 Å². The maximum Gasteiger partial charge on any atom is 0.0866 e. The van der Waals surface area contributed by atoms with E-state index in [9.17, 15) is 0 Å². The Kier molecular flexibility index (Phi) is 2.04. The molecule has 0 bridgehead atoms. The van der Waals surface area contributed by atoms with Crippen LogP contribution in [-0.4, -0.2) is 36.2 Å². The predicted molar refractivity (Wildman–Crippen MR) is 32.6 cm³/mol. The van der Waals surface area contributed by atoms with E-state index >= 15 is 0 Å². The van der Waals surface area contributed by atoms with Gasteiger partial charge in [0.15, 0.2) is 0 Å². The molecular formula is C6H10N2O. The highest BCUT2D eigenvalue weighted by molar-refractivity contribution is 4.86. The highest BCUT2D eigenvalue weighted by atomic mass is 16.3. The Balaban J connectivity index is 2.06. The Hall–Kier alpha value is -0.590. The van der Waals surface area contributed by atoms with Crippen molar-refractivity contribution < 1.29 is 5.11 Å². The van der Waals surface area contributed by atoms with Crippen LogP contribution in [0.3, 0.4) is 0 Å². The molecule has 0 amide bonds. The maximum atomic E-state index is 8.56. The van der Waals surface area contributed by atoms with E-state index in [0.717, 1.165) is 13.1 Å². The van der Waals surface area contributed by atoms with E-state index in [1.165, 1.54) is 0 Å². The molecule has 1 fully saturated rings. The van der Waals surface area contributed by atoms with Gasteiger partial charge in [0.2, 0.25) is 0 Å². The van der Waals surface area contributed by atoms with E-state index in [4.69, 9.17) is 10.4 Å². The molecule has 1 N–H and O–H groups in total. The third-order valence-corrected chi connectivity index (χ3v) is 1.59. The molecular weight excluding hydrogens is 116 g/mol. The van der Waals surface area contributed by atoms with Crippen molar-refractivity contribution in [1.82, 2.24) is 4.90 Å². The largest absolute Gasteiger partial charge is 0.396 e. The summed E-state index contributed by atoms with van der Waals surface area (Å²) in [7, 11) is 0. The lowest BCUT2D eigenvalue weighted by atomic mass is 10.0. The van der Waals surface area contributed by atoms with Gasteiger partial charge in [-0.25, -0.2) is 0 Å². The predicted octanol–water partition coefficient (Wildman–Crippen LogP) is -0.566. The van der Waals surface area contributed by atoms with Crippen LogP contribution in [0.2, 0.25) is 0 Å². The molecule has 0 saturated carbocycles. The van der Waals surface area contributed by atoms with Gasteiger partial charge in [-0.3, -0.25) is 4.90 Å². The van der Waals surface area contributed by atoms with Gasteiger partial charge in [0.1, 0.15) is 0 Å². The van der Waals surface area contributed by atoms with Gasteiger partial charge in [-0.05, 0) is 0 Å². The normalized spacial score (nSPS) is 20.9. The van der Waals surface area contributed by atoms with Gasteiger partial charge in [-0.2, -0.15) is 5.26 Å². The van der Waals surface area contributed by atoms with E-state index in [-0.39, 0.29) is 6.61 Å². The van der Waals surface area contributed by atoms with Crippen LogP contribution in [0.15, 0.2) is 0 Å². The molecule has 0 aromatic carbocycles. The minimum atomic E-state index is 0.266. The lowest BCUT2D eigenvalue weighted by Crippen LogP contribution is -2.48. The van der Waals surface area contributed by atoms with Gasteiger partial charge in [0.25, 0.3) is 0 Å². The number of likely N-dealkylation sites (tertiary alicyclic amines) is 1. The molecule has 0 aliphatic carbocycles. The van der Waals surface area contributed by atoms with Crippen molar-refractivity contribution >= 4 is 0 Å². The van der Waals surface area contributed by atoms with Crippen LogP contribution >= 0.6 is 0 Å². The van der Waals surface area contributed by atoms with E-state index < -0.39 is 0 Å². The van der Waals surface area contributed by atoms with E-state index in [0.29, 0.717) is 12.5 Å². The standard InChI is InChI=1S/C6H10N2O/c7-1-2-8-3-6(4-8)5-9/h6,9H,2-5H2. The molecule has 50 valence electrons. The smallest absolute Gasteiger partial charge is 0.0866 e. The fourth-order valence-electron chi connectivity index (χ4n) is 1.02. The molecule has 9 heavy (non-hydrogen) atoms. The van der Waals surface area contributed by atoms with Gasteiger partial charge in [-0.15, -0.1) is 0 Å². The van der Waals surface area contributed by atoms with Gasteiger partial charge in [0, 0.05) is 25.6 Å². The fourth-order valence-corrected chi connectivity index (χ4v) is 1.02. The first-order chi connectivity index (χ1) is 4.36. The molecule has 0 unspecified atom stereocenters. The van der Waals surface area contributed by atoms with Crippen LogP contribution in [0.5, 0.6) is 0 Å². The fraction of sp³-hybridized carbons (Fsp3) is 0.833. The minimum Gasteiger partial charge on any atom is -0.396 e.